The number of nitrogens with zero attached hydrogens (tertiary/aromatic N) is 2. The summed E-state index contributed by atoms with van der Waals surface area (Å²) in [5.41, 5.74) is -7.75. The number of amides is 2. The van der Waals surface area contributed by atoms with Crippen LogP contribution in [-0.2, 0) is 33.3 Å². The zero-order valence-electron chi connectivity index (χ0n) is 23.4. The largest absolute Gasteiger partial charge is 0.391 e. The van der Waals surface area contributed by atoms with Crippen LogP contribution in [0.5, 0.6) is 0 Å². The Morgan fingerprint density at radius 3 is 2.38 bits per heavy atom. The first-order chi connectivity index (χ1) is 19.6. The lowest BCUT2D eigenvalue weighted by Gasteiger charge is -2.49. The molecule has 2 aliphatic heterocycles. The molecule has 1 saturated heterocycles. The van der Waals surface area contributed by atoms with Crippen molar-refractivity contribution in [1.29, 1.82) is 0 Å². The zero-order valence-corrected chi connectivity index (χ0v) is 23.4. The quantitative estimate of drug-likeness (QED) is 0.0819. The number of fused-ring (bicyclic) bond motifs is 1. The molecule has 16 heteroatoms. The number of hydrogen-bond donors (Lipinski definition) is 7. The van der Waals surface area contributed by atoms with Gasteiger partial charge in [-0.2, -0.15) is 0 Å². The standard InChI is InChI=1S/C26H33B2FN4O9/c1-30-22(36)24(38,26(28,41)23(27,37)14-34)33-13-18-17(21(33)35)3-2-4-20(18)31-12-15-5-6-16(11-19(15)29)25(39,40)32-7-9-42-10-8-32/h2-6,11,14,31,37-41H,7-10,12-13,27-28H2,1H3,(H,30,36)/t23?,24-,26?/m0/s1. The highest BCUT2D eigenvalue weighted by molar-refractivity contribution is 6.33. The summed E-state index contributed by atoms with van der Waals surface area (Å²) in [5.74, 6) is -5.21. The molecular formula is C26H33B2FN4O9. The summed E-state index contributed by atoms with van der Waals surface area (Å²) in [5, 5.41) is 59.7. The van der Waals surface area contributed by atoms with Gasteiger partial charge in [0.1, 0.15) is 23.1 Å². The van der Waals surface area contributed by atoms with Gasteiger partial charge in [0, 0.05) is 54.6 Å². The normalized spacial score (nSPS) is 20.2. The Kier molecular flexibility index (Phi) is 8.55. The molecule has 0 spiro atoms. The van der Waals surface area contributed by atoms with E-state index in [9.17, 15) is 39.9 Å². The number of rotatable bonds is 10. The molecule has 1 fully saturated rings. The molecule has 2 aromatic rings. The van der Waals surface area contributed by atoms with Gasteiger partial charge in [0.05, 0.1) is 19.8 Å². The fourth-order valence-corrected chi connectivity index (χ4v) is 5.16. The molecule has 0 radical (unpaired) electrons. The minimum atomic E-state index is -3.08. The van der Waals surface area contributed by atoms with Crippen LogP contribution in [0.15, 0.2) is 36.4 Å². The van der Waals surface area contributed by atoms with Gasteiger partial charge in [-0.1, -0.05) is 18.2 Å². The molecular weight excluding hydrogens is 553 g/mol. The van der Waals surface area contributed by atoms with Crippen molar-refractivity contribution in [3.63, 3.8) is 0 Å². The number of halogens is 1. The molecule has 3 atom stereocenters. The monoisotopic (exact) mass is 586 g/mol. The summed E-state index contributed by atoms with van der Waals surface area (Å²) in [6.45, 7) is 0.625. The van der Waals surface area contributed by atoms with E-state index in [1.165, 1.54) is 29.2 Å². The molecule has 0 bridgehead atoms. The first kappa shape index (κ1) is 31.6. The number of benzene rings is 2. The van der Waals surface area contributed by atoms with Gasteiger partial charge in [-0.15, -0.1) is 0 Å². The highest BCUT2D eigenvalue weighted by Gasteiger charge is 2.65. The van der Waals surface area contributed by atoms with Gasteiger partial charge in [-0.3, -0.25) is 14.5 Å². The van der Waals surface area contributed by atoms with E-state index in [1.54, 1.807) is 6.07 Å². The molecule has 2 amide bonds. The van der Waals surface area contributed by atoms with E-state index in [2.05, 4.69) is 10.6 Å². The molecule has 7 N–H and O–H groups in total. The number of aliphatic hydroxyl groups is 5. The van der Waals surface area contributed by atoms with Gasteiger partial charge in [-0.25, -0.2) is 9.29 Å². The van der Waals surface area contributed by atoms with Crippen LogP contribution in [0.2, 0.25) is 0 Å². The second-order valence-corrected chi connectivity index (χ2v) is 10.7. The van der Waals surface area contributed by atoms with Crippen LogP contribution in [0, 0.1) is 5.82 Å². The fraction of sp³-hybridized carbons (Fsp3) is 0.423. The smallest absolute Gasteiger partial charge is 0.275 e. The lowest BCUT2D eigenvalue weighted by molar-refractivity contribution is -0.287. The van der Waals surface area contributed by atoms with Crippen molar-refractivity contribution in [2.24, 2.45) is 0 Å². The summed E-state index contributed by atoms with van der Waals surface area (Å²) in [7, 11) is 2.91. The number of aldehydes is 1. The molecule has 2 aromatic carbocycles. The van der Waals surface area contributed by atoms with E-state index in [0.717, 1.165) is 28.8 Å². The van der Waals surface area contributed by atoms with Gasteiger partial charge >= 0.3 is 0 Å². The Labute approximate surface area is 242 Å². The van der Waals surface area contributed by atoms with Crippen molar-refractivity contribution >= 4 is 39.5 Å². The van der Waals surface area contributed by atoms with Crippen LogP contribution in [0.4, 0.5) is 10.1 Å². The molecule has 2 heterocycles. The van der Waals surface area contributed by atoms with Crippen molar-refractivity contribution in [3.8, 4) is 0 Å². The number of nitrogens with one attached hydrogen (secondary N) is 2. The number of morpholine rings is 1. The Morgan fingerprint density at radius 1 is 1.12 bits per heavy atom. The maximum absolute atomic E-state index is 15.1. The molecule has 224 valence electrons. The highest BCUT2D eigenvalue weighted by Crippen LogP contribution is 2.39. The van der Waals surface area contributed by atoms with Crippen molar-refractivity contribution in [2.75, 3.05) is 38.7 Å². The Balaban J connectivity index is 1.59. The van der Waals surface area contributed by atoms with Gasteiger partial charge in [0.2, 0.25) is 5.72 Å². The number of anilines is 1. The molecule has 0 aliphatic carbocycles. The van der Waals surface area contributed by atoms with Crippen molar-refractivity contribution in [1.82, 2.24) is 15.1 Å². The highest BCUT2D eigenvalue weighted by atomic mass is 19.1. The van der Waals surface area contributed by atoms with E-state index in [1.807, 2.05) is 0 Å². The molecule has 0 aromatic heterocycles. The van der Waals surface area contributed by atoms with Gasteiger partial charge in [-0.05, 0) is 18.2 Å². The molecule has 4 rings (SSSR count). The maximum Gasteiger partial charge on any atom is 0.275 e. The third kappa shape index (κ3) is 5.08. The molecule has 42 heavy (non-hydrogen) atoms. The topological polar surface area (TPSA) is 192 Å². The molecule has 0 saturated carbocycles. The first-order valence-electron chi connectivity index (χ1n) is 13.2. The van der Waals surface area contributed by atoms with Gasteiger partial charge in [0.25, 0.3) is 17.7 Å². The van der Waals surface area contributed by atoms with Crippen LogP contribution >= 0.6 is 0 Å². The summed E-state index contributed by atoms with van der Waals surface area (Å²) in [4.78, 5) is 39.9. The zero-order chi connectivity index (χ0) is 31.1. The number of carbonyl (C=O) groups is 3. The average molecular weight is 586 g/mol. The average Bonchev–Trinajstić information content (AvgIpc) is 3.32. The van der Waals surface area contributed by atoms with Crippen molar-refractivity contribution in [3.05, 3.63) is 64.5 Å². The van der Waals surface area contributed by atoms with Crippen LogP contribution in [0.1, 0.15) is 27.0 Å². The van der Waals surface area contributed by atoms with E-state index in [4.69, 9.17) is 4.74 Å². The lowest BCUT2D eigenvalue weighted by atomic mass is 9.54. The fourth-order valence-electron chi connectivity index (χ4n) is 5.16. The third-order valence-corrected chi connectivity index (χ3v) is 8.16. The van der Waals surface area contributed by atoms with Gasteiger partial charge < -0.3 is 45.7 Å². The van der Waals surface area contributed by atoms with E-state index in [0.29, 0.717) is 29.4 Å². The van der Waals surface area contributed by atoms with E-state index in [-0.39, 0.29) is 42.6 Å². The predicted octanol–water partition coefficient (Wildman–Crippen LogP) is -3.90. The number of carbonyl (C=O) groups excluding carboxylic acids is 3. The summed E-state index contributed by atoms with van der Waals surface area (Å²) >= 11 is 0. The van der Waals surface area contributed by atoms with Crippen LogP contribution in [0.25, 0.3) is 0 Å². The van der Waals surface area contributed by atoms with Gasteiger partial charge in [0.15, 0.2) is 15.7 Å². The van der Waals surface area contributed by atoms with Crippen molar-refractivity contribution in [2.45, 2.75) is 35.7 Å². The van der Waals surface area contributed by atoms with Crippen LogP contribution in [-0.4, -0.2) is 119 Å². The molecule has 2 aliphatic rings. The first-order valence-corrected chi connectivity index (χ1v) is 13.2. The van der Waals surface area contributed by atoms with E-state index >= 15 is 4.39 Å². The number of likely N-dealkylation sites (N-methyl/N-ethyl adjacent to an activating group) is 1. The Hall–Kier alpha value is -3.37. The summed E-state index contributed by atoms with van der Waals surface area (Å²) in [6, 6.07) is 8.35. The van der Waals surface area contributed by atoms with E-state index < -0.39 is 46.8 Å². The maximum atomic E-state index is 15.1. The molecule has 2 unspecified atom stereocenters. The van der Waals surface area contributed by atoms with Crippen LogP contribution < -0.4 is 10.6 Å². The second kappa shape index (κ2) is 11.4. The SMILES string of the molecule is BC(O)(C=O)C(B)(O)[C@@](O)(C(=O)NC)N1Cc2c(NCc3ccc(C(O)(O)N4CCOCC4)cc3F)cccc2C1=O. The lowest BCUT2D eigenvalue weighted by Crippen LogP contribution is -2.79. The summed E-state index contributed by atoms with van der Waals surface area (Å²) < 4.78 is 20.3. The second-order valence-electron chi connectivity index (χ2n) is 10.7. The Morgan fingerprint density at radius 2 is 1.79 bits per heavy atom. The predicted molar refractivity (Wildman–Crippen MR) is 151 cm³/mol. The minimum absolute atomic E-state index is 0.0417. The van der Waals surface area contributed by atoms with Crippen LogP contribution in [0.3, 0.4) is 0 Å². The molecule has 13 nitrogen and oxygen atoms in total. The summed E-state index contributed by atoms with van der Waals surface area (Å²) in [6.07, 6.45) is -0.0417. The number of ether oxygens (including phenoxy) is 1. The number of hydrogen-bond acceptors (Lipinski definition) is 11. The Bertz CT molecular complexity index is 1390. The minimum Gasteiger partial charge on any atom is -0.391 e. The third-order valence-electron chi connectivity index (χ3n) is 8.16. The van der Waals surface area contributed by atoms with Crippen molar-refractivity contribution < 1.29 is 49.0 Å².